The molecular formula is C18H19BrFNO2. The summed E-state index contributed by atoms with van der Waals surface area (Å²) in [6.45, 7) is 3.82. The van der Waals surface area contributed by atoms with E-state index in [0.29, 0.717) is 28.6 Å². The van der Waals surface area contributed by atoms with E-state index >= 15 is 0 Å². The average Bonchev–Trinajstić information content (AvgIpc) is 3.03. The van der Waals surface area contributed by atoms with Crippen LogP contribution in [0.2, 0.25) is 0 Å². The number of hydrogen-bond acceptors (Lipinski definition) is 3. The zero-order valence-corrected chi connectivity index (χ0v) is 14.5. The van der Waals surface area contributed by atoms with Gasteiger partial charge in [0.05, 0.1) is 16.7 Å². The molecule has 3 fully saturated rings. The Morgan fingerprint density at radius 2 is 1.96 bits per heavy atom. The lowest BCUT2D eigenvalue weighted by atomic mass is 9.73. The van der Waals surface area contributed by atoms with Crippen LogP contribution in [-0.4, -0.2) is 37.1 Å². The number of nitrogens with zero attached hydrogens (tertiary/aromatic N) is 1. The van der Waals surface area contributed by atoms with Crippen LogP contribution in [0.5, 0.6) is 0 Å². The van der Waals surface area contributed by atoms with Crippen molar-refractivity contribution in [3.63, 3.8) is 0 Å². The summed E-state index contributed by atoms with van der Waals surface area (Å²) in [5, 5.41) is 0. The molecule has 5 heteroatoms. The number of ether oxygens (including phenoxy) is 1. The molecule has 0 radical (unpaired) electrons. The number of allylic oxidation sites excluding steroid dienone is 1. The topological polar surface area (TPSA) is 29.5 Å². The van der Waals surface area contributed by atoms with Crippen molar-refractivity contribution in [1.29, 1.82) is 0 Å². The number of rotatable bonds is 3. The van der Waals surface area contributed by atoms with Gasteiger partial charge in [-0.3, -0.25) is 0 Å². The number of fused-ring (bicyclic) bond motifs is 4. The fourth-order valence-corrected chi connectivity index (χ4v) is 4.56. The van der Waals surface area contributed by atoms with Gasteiger partial charge < -0.3 is 9.64 Å². The third-order valence-corrected chi connectivity index (χ3v) is 6.36. The van der Waals surface area contributed by atoms with Crippen LogP contribution in [0.25, 0.3) is 5.57 Å². The molecule has 0 unspecified atom stereocenters. The first-order valence-corrected chi connectivity index (χ1v) is 8.94. The molecule has 1 aliphatic carbocycles. The molecule has 122 valence electrons. The zero-order chi connectivity index (χ0) is 16.0. The Balaban J connectivity index is 1.48. The van der Waals surface area contributed by atoms with Gasteiger partial charge in [-0.25, -0.2) is 9.18 Å². The van der Waals surface area contributed by atoms with Crippen LogP contribution >= 0.6 is 15.9 Å². The van der Waals surface area contributed by atoms with E-state index < -0.39 is 0 Å². The number of carbonyl (C=O) groups excluding carboxylic acids is 1. The Bertz CT molecular complexity index is 679. The maximum atomic E-state index is 13.8. The number of halogens is 2. The fourth-order valence-electron chi connectivity index (χ4n) is 3.96. The SMILES string of the molecule is O=C(OCC12CCN(CC1)CC2)C1=CCc2ccc(F)c(Br)c21. The van der Waals surface area contributed by atoms with Gasteiger partial charge in [0.1, 0.15) is 5.82 Å². The first kappa shape index (κ1) is 15.3. The summed E-state index contributed by atoms with van der Waals surface area (Å²) in [5.74, 6) is -0.667. The molecular weight excluding hydrogens is 361 g/mol. The van der Waals surface area contributed by atoms with Crippen molar-refractivity contribution in [3.8, 4) is 0 Å². The summed E-state index contributed by atoms with van der Waals surface area (Å²) < 4.78 is 19.8. The minimum atomic E-state index is -0.345. The smallest absolute Gasteiger partial charge is 0.338 e. The minimum absolute atomic E-state index is 0.158. The molecule has 1 aromatic rings. The van der Waals surface area contributed by atoms with Crippen LogP contribution in [0.15, 0.2) is 22.7 Å². The number of carbonyl (C=O) groups is 1. The Kier molecular flexibility index (Phi) is 3.81. The van der Waals surface area contributed by atoms with Gasteiger partial charge in [-0.1, -0.05) is 12.1 Å². The zero-order valence-electron chi connectivity index (χ0n) is 12.9. The highest BCUT2D eigenvalue weighted by Crippen LogP contribution is 2.41. The molecule has 3 aliphatic heterocycles. The summed E-state index contributed by atoms with van der Waals surface area (Å²) in [7, 11) is 0. The Morgan fingerprint density at radius 3 is 2.65 bits per heavy atom. The maximum Gasteiger partial charge on any atom is 0.338 e. The molecule has 2 bridgehead atoms. The first-order chi connectivity index (χ1) is 11.1. The van der Waals surface area contributed by atoms with Crippen LogP contribution in [0.1, 0.15) is 30.4 Å². The Hall–Kier alpha value is -1.20. The predicted molar refractivity (Wildman–Crippen MR) is 89.5 cm³/mol. The molecule has 0 spiro atoms. The fraction of sp³-hybridized carbons (Fsp3) is 0.500. The van der Waals surface area contributed by atoms with Gasteiger partial charge in [-0.05, 0) is 72.9 Å². The van der Waals surface area contributed by atoms with E-state index in [1.165, 1.54) is 6.07 Å². The summed E-state index contributed by atoms with van der Waals surface area (Å²) in [6.07, 6.45) is 5.81. The van der Waals surface area contributed by atoms with Gasteiger partial charge in [-0.15, -0.1) is 0 Å². The summed E-state index contributed by atoms with van der Waals surface area (Å²) in [5.41, 5.74) is 2.28. The lowest BCUT2D eigenvalue weighted by Crippen LogP contribution is -2.50. The highest BCUT2D eigenvalue weighted by atomic mass is 79.9. The monoisotopic (exact) mass is 379 g/mol. The summed E-state index contributed by atoms with van der Waals surface area (Å²) in [6, 6.07) is 3.17. The molecule has 0 saturated carbocycles. The molecule has 0 atom stereocenters. The van der Waals surface area contributed by atoms with Gasteiger partial charge in [0.2, 0.25) is 0 Å². The molecule has 0 amide bonds. The van der Waals surface area contributed by atoms with Gasteiger partial charge in [0, 0.05) is 11.0 Å². The van der Waals surface area contributed by atoms with Crippen LogP contribution < -0.4 is 0 Å². The van der Waals surface area contributed by atoms with Gasteiger partial charge in [-0.2, -0.15) is 0 Å². The second-order valence-corrected chi connectivity index (χ2v) is 7.68. The largest absolute Gasteiger partial charge is 0.461 e. The van der Waals surface area contributed by atoms with E-state index in [2.05, 4.69) is 20.8 Å². The van der Waals surface area contributed by atoms with Crippen molar-refractivity contribution in [2.75, 3.05) is 26.2 Å². The molecule has 0 aromatic heterocycles. The maximum absolute atomic E-state index is 13.8. The molecule has 23 heavy (non-hydrogen) atoms. The molecule has 0 N–H and O–H groups in total. The van der Waals surface area contributed by atoms with E-state index in [0.717, 1.165) is 44.5 Å². The van der Waals surface area contributed by atoms with Gasteiger partial charge in [0.15, 0.2) is 0 Å². The average molecular weight is 380 g/mol. The Morgan fingerprint density at radius 1 is 1.26 bits per heavy atom. The third-order valence-electron chi connectivity index (χ3n) is 5.58. The Labute approximate surface area is 143 Å². The molecule has 1 aromatic carbocycles. The third kappa shape index (κ3) is 2.64. The van der Waals surface area contributed by atoms with Gasteiger partial charge in [0.25, 0.3) is 0 Å². The van der Waals surface area contributed by atoms with Crippen molar-refractivity contribution >= 4 is 27.5 Å². The number of esters is 1. The van der Waals surface area contributed by atoms with Gasteiger partial charge >= 0.3 is 5.97 Å². The summed E-state index contributed by atoms with van der Waals surface area (Å²) in [4.78, 5) is 15.0. The molecule has 3 nitrogen and oxygen atoms in total. The van der Waals surface area contributed by atoms with Crippen LogP contribution in [-0.2, 0) is 16.0 Å². The normalized spacial score (nSPS) is 28.4. The van der Waals surface area contributed by atoms with E-state index in [9.17, 15) is 9.18 Å². The van der Waals surface area contributed by atoms with Crippen molar-refractivity contribution < 1.29 is 13.9 Å². The first-order valence-electron chi connectivity index (χ1n) is 8.15. The molecule has 4 aliphatic rings. The molecule has 5 rings (SSSR count). The van der Waals surface area contributed by atoms with Crippen molar-refractivity contribution in [1.82, 2.24) is 4.90 Å². The second-order valence-electron chi connectivity index (χ2n) is 6.89. The van der Waals surface area contributed by atoms with Crippen LogP contribution in [0.4, 0.5) is 4.39 Å². The van der Waals surface area contributed by atoms with Crippen molar-refractivity contribution in [2.24, 2.45) is 5.41 Å². The van der Waals surface area contributed by atoms with E-state index in [-0.39, 0.29) is 17.2 Å². The number of piperidine rings is 3. The van der Waals surface area contributed by atoms with Crippen molar-refractivity contribution in [3.05, 3.63) is 39.6 Å². The van der Waals surface area contributed by atoms with Crippen LogP contribution in [0, 0.1) is 11.2 Å². The number of benzene rings is 1. The quantitative estimate of drug-likeness (QED) is 0.752. The molecule has 3 saturated heterocycles. The van der Waals surface area contributed by atoms with E-state index in [1.807, 2.05) is 6.08 Å². The van der Waals surface area contributed by atoms with Crippen LogP contribution in [0.3, 0.4) is 0 Å². The second kappa shape index (κ2) is 5.71. The number of hydrogen-bond donors (Lipinski definition) is 0. The van der Waals surface area contributed by atoms with E-state index in [4.69, 9.17) is 4.74 Å². The van der Waals surface area contributed by atoms with E-state index in [1.54, 1.807) is 6.07 Å². The minimum Gasteiger partial charge on any atom is -0.461 e. The lowest BCUT2D eigenvalue weighted by Gasteiger charge is -2.47. The predicted octanol–water partition coefficient (Wildman–Crippen LogP) is 3.56. The lowest BCUT2D eigenvalue weighted by molar-refractivity contribution is -0.143. The molecule has 3 heterocycles. The summed E-state index contributed by atoms with van der Waals surface area (Å²) >= 11 is 3.27. The highest BCUT2D eigenvalue weighted by molar-refractivity contribution is 9.10. The van der Waals surface area contributed by atoms with Crippen molar-refractivity contribution in [2.45, 2.75) is 25.7 Å². The highest BCUT2D eigenvalue weighted by Gasteiger charge is 2.40. The standard InChI is InChI=1S/C18H19BrFNO2/c19-16-14(20)4-2-12-1-3-13(15(12)16)17(22)23-11-18-5-8-21(9-6-18)10-7-18/h2-4H,1,5-11H2.